The van der Waals surface area contributed by atoms with Crippen LogP contribution < -0.4 is 0 Å². The lowest BCUT2D eigenvalue weighted by Crippen LogP contribution is -2.37. The number of aromatic amines is 1. The minimum absolute atomic E-state index is 0.293. The van der Waals surface area contributed by atoms with E-state index in [0.717, 1.165) is 29.8 Å². The van der Waals surface area contributed by atoms with Crippen LogP contribution in [0.5, 0.6) is 0 Å². The van der Waals surface area contributed by atoms with Crippen molar-refractivity contribution in [3.05, 3.63) is 22.6 Å². The highest BCUT2D eigenvalue weighted by Gasteiger charge is 2.36. The highest BCUT2D eigenvalue weighted by Crippen LogP contribution is 2.26. The molecule has 1 N–H and O–H groups in total. The number of hydrogen-bond donors (Lipinski definition) is 1. The summed E-state index contributed by atoms with van der Waals surface area (Å²) >= 11 is 5.42. The van der Waals surface area contributed by atoms with E-state index in [2.05, 4.69) is 9.97 Å². The number of imidazole rings is 1. The third-order valence-corrected chi connectivity index (χ3v) is 4.14. The van der Waals surface area contributed by atoms with E-state index >= 15 is 0 Å². The monoisotopic (exact) mass is 279 g/mol. The number of ether oxygens (including phenoxy) is 2. The Labute approximate surface area is 116 Å². The van der Waals surface area contributed by atoms with Gasteiger partial charge in [0, 0.05) is 26.3 Å². The molecule has 0 spiro atoms. The molecule has 1 aliphatic heterocycles. The zero-order valence-corrected chi connectivity index (χ0v) is 11.9. The molecule has 5 nitrogen and oxygen atoms in total. The van der Waals surface area contributed by atoms with E-state index < -0.39 is 0 Å². The number of methoxy groups -OCH3 is 1. The van der Waals surface area contributed by atoms with Crippen molar-refractivity contribution in [2.75, 3.05) is 20.3 Å². The minimum Gasteiger partial charge on any atom is -0.378 e. The molecule has 0 aromatic carbocycles. The molecule has 0 bridgehead atoms. The van der Waals surface area contributed by atoms with Crippen LogP contribution in [-0.2, 0) is 16.0 Å². The molecule has 2 aromatic rings. The van der Waals surface area contributed by atoms with E-state index in [1.807, 2.05) is 17.6 Å². The fourth-order valence-electron chi connectivity index (χ4n) is 2.55. The van der Waals surface area contributed by atoms with E-state index in [4.69, 9.17) is 21.7 Å². The average molecular weight is 279 g/mol. The second kappa shape index (κ2) is 4.70. The van der Waals surface area contributed by atoms with Gasteiger partial charge in [-0.15, -0.1) is 0 Å². The molecule has 0 aliphatic carbocycles. The van der Waals surface area contributed by atoms with Crippen molar-refractivity contribution in [2.45, 2.75) is 25.5 Å². The Morgan fingerprint density at radius 1 is 1.63 bits per heavy atom. The Hall–Kier alpha value is -1.24. The summed E-state index contributed by atoms with van der Waals surface area (Å²) in [6, 6.07) is 1.97. The second-order valence-electron chi connectivity index (χ2n) is 5.03. The number of fused-ring (bicyclic) bond motifs is 1. The van der Waals surface area contributed by atoms with Crippen LogP contribution in [0.15, 0.2) is 12.3 Å². The molecule has 1 unspecified atom stereocenters. The van der Waals surface area contributed by atoms with E-state index in [-0.39, 0.29) is 5.60 Å². The van der Waals surface area contributed by atoms with Gasteiger partial charge in [-0.2, -0.15) is 0 Å². The van der Waals surface area contributed by atoms with Gasteiger partial charge in [-0.3, -0.25) is 4.57 Å². The molecular weight excluding hydrogens is 262 g/mol. The molecule has 0 radical (unpaired) electrons. The second-order valence-corrected chi connectivity index (χ2v) is 5.42. The predicted molar refractivity (Wildman–Crippen MR) is 74.8 cm³/mol. The van der Waals surface area contributed by atoms with Crippen LogP contribution >= 0.6 is 12.2 Å². The van der Waals surface area contributed by atoms with Gasteiger partial charge in [0.25, 0.3) is 0 Å². The molecule has 1 saturated heterocycles. The van der Waals surface area contributed by atoms with Crippen molar-refractivity contribution in [2.24, 2.45) is 0 Å². The molecule has 0 amide bonds. The molecule has 0 saturated carbocycles. The third-order valence-electron chi connectivity index (χ3n) is 3.82. The standard InChI is InChI=1S/C13H17N3O2S/c1-9-3-5-14-11-10(9)15-12(19)16(11)7-13(17-2)4-6-18-8-13/h3,5H,4,6-8H2,1-2H3,(H,15,19). The molecule has 1 fully saturated rings. The minimum atomic E-state index is -0.293. The lowest BCUT2D eigenvalue weighted by atomic mass is 10.0. The van der Waals surface area contributed by atoms with Crippen LogP contribution in [0.1, 0.15) is 12.0 Å². The Morgan fingerprint density at radius 3 is 3.16 bits per heavy atom. The van der Waals surface area contributed by atoms with E-state index in [0.29, 0.717) is 17.9 Å². The first-order valence-electron chi connectivity index (χ1n) is 6.32. The molecule has 3 rings (SSSR count). The number of aromatic nitrogens is 3. The van der Waals surface area contributed by atoms with Crippen molar-refractivity contribution in [1.82, 2.24) is 14.5 Å². The van der Waals surface area contributed by atoms with Gasteiger partial charge in [0.1, 0.15) is 5.60 Å². The van der Waals surface area contributed by atoms with Gasteiger partial charge in [0.05, 0.1) is 18.7 Å². The molecule has 3 heterocycles. The molecule has 2 aromatic heterocycles. The third kappa shape index (κ3) is 2.09. The maximum Gasteiger partial charge on any atom is 0.179 e. The summed E-state index contributed by atoms with van der Waals surface area (Å²) in [5, 5.41) is 0. The summed E-state index contributed by atoms with van der Waals surface area (Å²) in [4.78, 5) is 7.67. The fraction of sp³-hybridized carbons (Fsp3) is 0.538. The van der Waals surface area contributed by atoms with Crippen LogP contribution in [0.25, 0.3) is 11.2 Å². The number of H-pyrrole nitrogens is 1. The van der Waals surface area contributed by atoms with Gasteiger partial charge in [-0.05, 0) is 30.8 Å². The Bertz CT molecular complexity index is 655. The predicted octanol–water partition coefficient (Wildman–Crippen LogP) is 2.21. The van der Waals surface area contributed by atoms with Crippen molar-refractivity contribution in [3.63, 3.8) is 0 Å². The fourth-order valence-corrected chi connectivity index (χ4v) is 2.80. The van der Waals surface area contributed by atoms with Gasteiger partial charge < -0.3 is 14.5 Å². The molecule has 6 heteroatoms. The summed E-state index contributed by atoms with van der Waals surface area (Å²) in [5.74, 6) is 0. The first kappa shape index (κ1) is 12.8. The smallest absolute Gasteiger partial charge is 0.179 e. The van der Waals surface area contributed by atoms with Crippen molar-refractivity contribution in [1.29, 1.82) is 0 Å². The number of pyridine rings is 1. The first-order chi connectivity index (χ1) is 9.15. The Kier molecular flexibility index (Phi) is 3.16. The van der Waals surface area contributed by atoms with Gasteiger partial charge in [-0.1, -0.05) is 0 Å². The molecule has 1 atom stereocenters. The van der Waals surface area contributed by atoms with E-state index in [9.17, 15) is 0 Å². The topological polar surface area (TPSA) is 52.1 Å². The van der Waals surface area contributed by atoms with E-state index in [1.165, 1.54) is 0 Å². The van der Waals surface area contributed by atoms with Gasteiger partial charge in [-0.25, -0.2) is 4.98 Å². The van der Waals surface area contributed by atoms with Gasteiger partial charge >= 0.3 is 0 Å². The summed E-state index contributed by atoms with van der Waals surface area (Å²) in [5.41, 5.74) is 2.73. The zero-order chi connectivity index (χ0) is 13.5. The van der Waals surface area contributed by atoms with Crippen LogP contribution in [-0.4, -0.2) is 40.5 Å². The largest absolute Gasteiger partial charge is 0.378 e. The van der Waals surface area contributed by atoms with Crippen LogP contribution in [0, 0.1) is 11.7 Å². The van der Waals surface area contributed by atoms with Crippen molar-refractivity contribution in [3.8, 4) is 0 Å². The lowest BCUT2D eigenvalue weighted by Gasteiger charge is -2.26. The summed E-state index contributed by atoms with van der Waals surface area (Å²) in [6.45, 7) is 4.04. The molecule has 19 heavy (non-hydrogen) atoms. The molecule has 102 valence electrons. The number of hydrogen-bond acceptors (Lipinski definition) is 4. The highest BCUT2D eigenvalue weighted by atomic mass is 32.1. The number of rotatable bonds is 3. The maximum absolute atomic E-state index is 5.67. The van der Waals surface area contributed by atoms with Crippen LogP contribution in [0.4, 0.5) is 0 Å². The summed E-state index contributed by atoms with van der Waals surface area (Å²) < 4.78 is 13.8. The number of nitrogens with one attached hydrogen (secondary N) is 1. The average Bonchev–Trinajstić information content (AvgIpc) is 2.99. The number of nitrogens with zero attached hydrogens (tertiary/aromatic N) is 2. The molecule has 1 aliphatic rings. The van der Waals surface area contributed by atoms with E-state index in [1.54, 1.807) is 13.3 Å². The maximum atomic E-state index is 5.67. The summed E-state index contributed by atoms with van der Waals surface area (Å²) in [6.07, 6.45) is 2.69. The Morgan fingerprint density at radius 2 is 2.47 bits per heavy atom. The van der Waals surface area contributed by atoms with Gasteiger partial charge in [0.15, 0.2) is 10.4 Å². The van der Waals surface area contributed by atoms with Gasteiger partial charge in [0.2, 0.25) is 0 Å². The SMILES string of the molecule is COC1(Cn2c(=S)[nH]c3c(C)ccnc32)CCOC1. The highest BCUT2D eigenvalue weighted by molar-refractivity contribution is 7.71. The van der Waals surface area contributed by atoms with Crippen LogP contribution in [0.3, 0.4) is 0 Å². The lowest BCUT2D eigenvalue weighted by molar-refractivity contribution is -0.0291. The number of aryl methyl sites for hydroxylation is 1. The first-order valence-corrected chi connectivity index (χ1v) is 6.73. The summed E-state index contributed by atoms with van der Waals surface area (Å²) in [7, 11) is 1.73. The Balaban J connectivity index is 2.08. The van der Waals surface area contributed by atoms with Crippen molar-refractivity contribution >= 4 is 23.4 Å². The zero-order valence-electron chi connectivity index (χ0n) is 11.1. The quantitative estimate of drug-likeness (QED) is 0.875. The normalized spacial score (nSPS) is 23.3. The van der Waals surface area contributed by atoms with Crippen LogP contribution in [0.2, 0.25) is 0 Å². The van der Waals surface area contributed by atoms with Crippen molar-refractivity contribution < 1.29 is 9.47 Å². The molecular formula is C13H17N3O2S.